The van der Waals surface area contributed by atoms with Crippen LogP contribution in [0, 0.1) is 0 Å². The van der Waals surface area contributed by atoms with Crippen molar-refractivity contribution in [2.24, 2.45) is 0 Å². The lowest BCUT2D eigenvalue weighted by Gasteiger charge is -1.93. The Hall–Kier alpha value is -0.810. The molecule has 0 spiro atoms. The fraction of sp³-hybridized carbons (Fsp3) is 0.143. The summed E-state index contributed by atoms with van der Waals surface area (Å²) in [4.78, 5) is 21.9. The number of carboxylic acid groups (broad SMARTS) is 1. The number of hydrogen-bond acceptors (Lipinski definition) is 4. The molecule has 1 N–H and O–H groups in total. The van der Waals surface area contributed by atoms with Crippen LogP contribution in [0.1, 0.15) is 9.67 Å². The summed E-state index contributed by atoms with van der Waals surface area (Å²) in [5, 5.41) is 10.1. The van der Waals surface area contributed by atoms with Crippen LogP contribution in [-0.4, -0.2) is 23.1 Å². The Morgan fingerprint density at radius 2 is 2.50 bits per heavy atom. The third-order valence-corrected chi connectivity index (χ3v) is 3.15. The van der Waals surface area contributed by atoms with Gasteiger partial charge in [-0.05, 0) is 11.4 Å². The second kappa shape index (κ2) is 4.27. The smallest absolute Gasteiger partial charge is 0.313 e. The molecule has 0 bridgehead atoms. The van der Waals surface area contributed by atoms with Crippen LogP contribution in [0.25, 0.3) is 0 Å². The minimum absolute atomic E-state index is 0.00241. The van der Waals surface area contributed by atoms with Crippen molar-refractivity contribution >= 4 is 35.4 Å². The molecule has 3 nitrogen and oxygen atoms in total. The first-order valence-corrected chi connectivity index (χ1v) is 4.98. The van der Waals surface area contributed by atoms with Crippen molar-refractivity contribution in [3.05, 3.63) is 16.3 Å². The molecule has 5 heteroatoms. The zero-order valence-electron chi connectivity index (χ0n) is 6.02. The van der Waals surface area contributed by atoms with Gasteiger partial charge < -0.3 is 5.11 Å². The average molecular weight is 202 g/mol. The molecule has 0 aliphatic rings. The summed E-state index contributed by atoms with van der Waals surface area (Å²) in [7, 11) is 0. The SMILES string of the molecule is O=Cc1sccc1SCC(=O)O. The van der Waals surface area contributed by atoms with E-state index in [9.17, 15) is 9.59 Å². The zero-order chi connectivity index (χ0) is 8.97. The quantitative estimate of drug-likeness (QED) is 0.597. The molecule has 0 saturated carbocycles. The number of thiophene rings is 1. The van der Waals surface area contributed by atoms with E-state index in [2.05, 4.69) is 0 Å². The highest BCUT2D eigenvalue weighted by Gasteiger charge is 2.05. The van der Waals surface area contributed by atoms with Gasteiger partial charge in [-0.15, -0.1) is 23.1 Å². The third kappa shape index (κ3) is 2.35. The minimum atomic E-state index is -0.872. The molecule has 1 rings (SSSR count). The van der Waals surface area contributed by atoms with Gasteiger partial charge in [-0.1, -0.05) is 0 Å². The number of carbonyl (C=O) groups excluding carboxylic acids is 1. The van der Waals surface area contributed by atoms with Crippen LogP contribution >= 0.6 is 23.1 Å². The van der Waals surface area contributed by atoms with Crippen molar-refractivity contribution < 1.29 is 14.7 Å². The van der Waals surface area contributed by atoms with E-state index in [1.165, 1.54) is 23.1 Å². The van der Waals surface area contributed by atoms with Crippen LogP contribution in [0.2, 0.25) is 0 Å². The molecule has 0 amide bonds. The first kappa shape index (κ1) is 9.28. The highest BCUT2D eigenvalue weighted by molar-refractivity contribution is 8.00. The van der Waals surface area contributed by atoms with Gasteiger partial charge in [0.1, 0.15) is 0 Å². The largest absolute Gasteiger partial charge is 0.481 e. The highest BCUT2D eigenvalue weighted by atomic mass is 32.2. The number of hydrogen-bond donors (Lipinski definition) is 1. The third-order valence-electron chi connectivity index (χ3n) is 1.12. The Balaban J connectivity index is 2.62. The van der Waals surface area contributed by atoms with Gasteiger partial charge in [0, 0.05) is 4.90 Å². The number of thioether (sulfide) groups is 1. The van der Waals surface area contributed by atoms with Gasteiger partial charge in [0.05, 0.1) is 10.6 Å². The van der Waals surface area contributed by atoms with E-state index in [0.717, 1.165) is 11.2 Å². The molecule has 0 aromatic carbocycles. The minimum Gasteiger partial charge on any atom is -0.481 e. The van der Waals surface area contributed by atoms with E-state index in [-0.39, 0.29) is 5.75 Å². The van der Waals surface area contributed by atoms with E-state index in [1.807, 2.05) is 0 Å². The first-order chi connectivity index (χ1) is 5.74. The summed E-state index contributed by atoms with van der Waals surface area (Å²) < 4.78 is 0. The van der Waals surface area contributed by atoms with Gasteiger partial charge in [-0.25, -0.2) is 0 Å². The summed E-state index contributed by atoms with van der Waals surface area (Å²) >= 11 is 2.49. The second-order valence-electron chi connectivity index (χ2n) is 1.95. The van der Waals surface area contributed by atoms with Crippen LogP contribution in [0.3, 0.4) is 0 Å². The summed E-state index contributed by atoms with van der Waals surface area (Å²) in [5.41, 5.74) is 0. The van der Waals surface area contributed by atoms with Gasteiger partial charge in [-0.3, -0.25) is 9.59 Å². The van der Waals surface area contributed by atoms with Crippen molar-refractivity contribution in [3.63, 3.8) is 0 Å². The zero-order valence-corrected chi connectivity index (χ0v) is 7.65. The molecule has 0 saturated heterocycles. The van der Waals surface area contributed by atoms with E-state index >= 15 is 0 Å². The van der Waals surface area contributed by atoms with Crippen LogP contribution in [0.5, 0.6) is 0 Å². The molecule has 64 valence electrons. The van der Waals surface area contributed by atoms with Crippen molar-refractivity contribution in [1.29, 1.82) is 0 Å². The Morgan fingerprint density at radius 1 is 1.75 bits per heavy atom. The normalized spacial score (nSPS) is 9.67. The molecule has 1 heterocycles. The van der Waals surface area contributed by atoms with Gasteiger partial charge in [-0.2, -0.15) is 0 Å². The van der Waals surface area contributed by atoms with Gasteiger partial charge in [0.15, 0.2) is 6.29 Å². The average Bonchev–Trinajstić information content (AvgIpc) is 2.47. The number of rotatable bonds is 4. The Bertz CT molecular complexity index is 293. The molecule has 0 atom stereocenters. The number of aldehydes is 1. The molecule has 0 aliphatic carbocycles. The van der Waals surface area contributed by atoms with Crippen LogP contribution < -0.4 is 0 Å². The summed E-state index contributed by atoms with van der Waals surface area (Å²) in [6.07, 6.45) is 0.745. The number of aliphatic carboxylic acids is 1. The molecular weight excluding hydrogens is 196 g/mol. The van der Waals surface area contributed by atoms with Crippen LogP contribution in [-0.2, 0) is 4.79 Å². The number of carbonyl (C=O) groups is 2. The maximum absolute atomic E-state index is 10.4. The number of carboxylic acids is 1. The molecular formula is C7H6O3S2. The topological polar surface area (TPSA) is 54.4 Å². The Labute approximate surface area is 77.4 Å². The lowest BCUT2D eigenvalue weighted by molar-refractivity contribution is -0.133. The standard InChI is InChI=1S/C7H6O3S2/c8-3-6-5(1-2-11-6)12-4-7(9)10/h1-3H,4H2,(H,9,10). The molecule has 1 aromatic heterocycles. The van der Waals surface area contributed by atoms with Crippen LogP contribution in [0.15, 0.2) is 16.3 Å². The summed E-state index contributed by atoms with van der Waals surface area (Å²) in [6, 6.07) is 1.75. The molecule has 0 radical (unpaired) electrons. The Morgan fingerprint density at radius 3 is 3.08 bits per heavy atom. The van der Waals surface area contributed by atoms with E-state index in [4.69, 9.17) is 5.11 Å². The molecule has 0 fully saturated rings. The van der Waals surface area contributed by atoms with Gasteiger partial charge >= 0.3 is 5.97 Å². The van der Waals surface area contributed by atoms with Crippen molar-refractivity contribution in [2.45, 2.75) is 4.90 Å². The van der Waals surface area contributed by atoms with Crippen molar-refractivity contribution in [2.75, 3.05) is 5.75 Å². The summed E-state index contributed by atoms with van der Waals surface area (Å²) in [6.45, 7) is 0. The second-order valence-corrected chi connectivity index (χ2v) is 3.91. The molecule has 0 unspecified atom stereocenters. The predicted octanol–water partition coefficient (Wildman–Crippen LogP) is 1.74. The first-order valence-electron chi connectivity index (χ1n) is 3.11. The fourth-order valence-corrected chi connectivity index (χ4v) is 2.29. The van der Waals surface area contributed by atoms with Crippen molar-refractivity contribution in [3.8, 4) is 0 Å². The highest BCUT2D eigenvalue weighted by Crippen LogP contribution is 2.25. The summed E-state index contributed by atoms with van der Waals surface area (Å²) in [5.74, 6) is -0.875. The molecule has 12 heavy (non-hydrogen) atoms. The molecule has 1 aromatic rings. The predicted molar refractivity (Wildman–Crippen MR) is 48.1 cm³/mol. The maximum Gasteiger partial charge on any atom is 0.313 e. The van der Waals surface area contributed by atoms with E-state index in [1.54, 1.807) is 11.4 Å². The van der Waals surface area contributed by atoms with Gasteiger partial charge in [0.2, 0.25) is 0 Å². The monoisotopic (exact) mass is 202 g/mol. The van der Waals surface area contributed by atoms with Crippen LogP contribution in [0.4, 0.5) is 0 Å². The van der Waals surface area contributed by atoms with Crippen molar-refractivity contribution in [1.82, 2.24) is 0 Å². The van der Waals surface area contributed by atoms with E-state index in [0.29, 0.717) is 4.88 Å². The lowest BCUT2D eigenvalue weighted by atomic mass is 10.5. The Kier molecular flexibility index (Phi) is 3.31. The molecule has 0 aliphatic heterocycles. The lowest BCUT2D eigenvalue weighted by Crippen LogP contribution is -1.97. The fourth-order valence-electron chi connectivity index (χ4n) is 0.654. The van der Waals surface area contributed by atoms with E-state index < -0.39 is 5.97 Å². The maximum atomic E-state index is 10.4. The van der Waals surface area contributed by atoms with Gasteiger partial charge in [0.25, 0.3) is 0 Å².